The van der Waals surface area contributed by atoms with E-state index in [4.69, 9.17) is 23.7 Å². The van der Waals surface area contributed by atoms with Crippen molar-refractivity contribution in [1.29, 1.82) is 0 Å². The third kappa shape index (κ3) is 3.58. The molecule has 0 unspecified atom stereocenters. The summed E-state index contributed by atoms with van der Waals surface area (Å²) in [5.41, 5.74) is -5.06. The van der Waals surface area contributed by atoms with Crippen LogP contribution < -0.4 is 0 Å². The summed E-state index contributed by atoms with van der Waals surface area (Å²) in [6, 6.07) is 0. The number of esters is 4. The summed E-state index contributed by atoms with van der Waals surface area (Å²) >= 11 is 0. The molecule has 1 N–H and O–H groups in total. The molecule has 5 fully saturated rings. The molecule has 5 rings (SSSR count). The summed E-state index contributed by atoms with van der Waals surface area (Å²) < 4.78 is 30.0. The second-order valence-corrected chi connectivity index (χ2v) is 13.1. The Bertz CT molecular complexity index is 1060. The molecule has 0 aromatic heterocycles. The smallest absolute Gasteiger partial charge is 0.303 e. The number of epoxide rings is 1. The minimum absolute atomic E-state index is 0.169. The van der Waals surface area contributed by atoms with Gasteiger partial charge < -0.3 is 28.8 Å². The maximum Gasteiger partial charge on any atom is 0.303 e. The minimum Gasteiger partial charge on any atom is -0.462 e. The van der Waals surface area contributed by atoms with Crippen LogP contribution in [0, 0.1) is 28.6 Å². The van der Waals surface area contributed by atoms with Crippen LogP contribution in [0.4, 0.5) is 0 Å². The molecule has 0 amide bonds. The summed E-state index contributed by atoms with van der Waals surface area (Å²) in [6.45, 7) is 11.3. The zero-order valence-electron chi connectivity index (χ0n) is 23.3. The van der Waals surface area contributed by atoms with E-state index in [2.05, 4.69) is 0 Å². The van der Waals surface area contributed by atoms with Crippen LogP contribution in [-0.2, 0) is 42.9 Å². The van der Waals surface area contributed by atoms with E-state index >= 15 is 0 Å². The van der Waals surface area contributed by atoms with Crippen LogP contribution in [0.1, 0.15) is 80.6 Å². The Balaban J connectivity index is 1.70. The maximum absolute atomic E-state index is 12.8. The highest BCUT2D eigenvalue weighted by Crippen LogP contribution is 2.74. The maximum atomic E-state index is 12.8. The number of aliphatic hydroxyl groups is 1. The van der Waals surface area contributed by atoms with Gasteiger partial charge in [0.15, 0.2) is 0 Å². The van der Waals surface area contributed by atoms with Gasteiger partial charge in [-0.1, -0.05) is 13.8 Å². The molecule has 1 aliphatic heterocycles. The fourth-order valence-electron chi connectivity index (χ4n) is 9.46. The predicted molar refractivity (Wildman–Crippen MR) is 130 cm³/mol. The molecule has 2 spiro atoms. The van der Waals surface area contributed by atoms with Gasteiger partial charge in [0, 0.05) is 56.3 Å². The molecule has 4 aliphatic carbocycles. The molecular formula is C28H40O10. The molecule has 10 heteroatoms. The second kappa shape index (κ2) is 8.40. The van der Waals surface area contributed by atoms with Gasteiger partial charge in [-0.05, 0) is 39.0 Å². The third-order valence-corrected chi connectivity index (χ3v) is 10.7. The largest absolute Gasteiger partial charge is 0.462 e. The highest BCUT2D eigenvalue weighted by Gasteiger charge is 2.83. The van der Waals surface area contributed by atoms with Crippen LogP contribution >= 0.6 is 0 Å². The lowest BCUT2D eigenvalue weighted by molar-refractivity contribution is -0.206. The highest BCUT2D eigenvalue weighted by molar-refractivity contribution is 5.68. The van der Waals surface area contributed by atoms with Crippen LogP contribution in [0.5, 0.6) is 0 Å². The molecule has 0 aromatic rings. The summed E-state index contributed by atoms with van der Waals surface area (Å²) in [6.07, 6.45) is 0.0369. The van der Waals surface area contributed by atoms with E-state index in [0.29, 0.717) is 32.3 Å². The van der Waals surface area contributed by atoms with Crippen molar-refractivity contribution in [3.63, 3.8) is 0 Å². The molecule has 1 heterocycles. The average Bonchev–Trinajstić information content (AvgIpc) is 3.50. The van der Waals surface area contributed by atoms with E-state index in [1.165, 1.54) is 27.7 Å². The van der Waals surface area contributed by atoms with Crippen molar-refractivity contribution in [1.82, 2.24) is 0 Å². The number of carbonyl (C=O) groups excluding carboxylic acids is 4. The van der Waals surface area contributed by atoms with Gasteiger partial charge >= 0.3 is 23.9 Å². The van der Waals surface area contributed by atoms with Gasteiger partial charge in [0.05, 0.1) is 6.61 Å². The van der Waals surface area contributed by atoms with Gasteiger partial charge in [0.25, 0.3) is 0 Å². The van der Waals surface area contributed by atoms with Gasteiger partial charge in [-0.3, -0.25) is 19.2 Å². The Morgan fingerprint density at radius 2 is 1.39 bits per heavy atom. The molecule has 1 saturated heterocycles. The van der Waals surface area contributed by atoms with Crippen molar-refractivity contribution < 1.29 is 48.0 Å². The van der Waals surface area contributed by atoms with Crippen molar-refractivity contribution in [2.24, 2.45) is 28.6 Å². The molecule has 10 nitrogen and oxygen atoms in total. The first-order chi connectivity index (χ1) is 17.5. The minimum atomic E-state index is -1.60. The summed E-state index contributed by atoms with van der Waals surface area (Å²) in [5, 5.41) is 12.8. The number of hydrogen-bond donors (Lipinski definition) is 1. The number of fused-ring (bicyclic) bond motifs is 4. The van der Waals surface area contributed by atoms with Crippen molar-refractivity contribution in [3.8, 4) is 0 Å². The van der Waals surface area contributed by atoms with Crippen LogP contribution in [0.2, 0.25) is 0 Å². The number of hydrogen-bond acceptors (Lipinski definition) is 10. The van der Waals surface area contributed by atoms with E-state index in [-0.39, 0.29) is 18.3 Å². The fraction of sp³-hybridized carbons (Fsp3) is 0.857. The van der Waals surface area contributed by atoms with Crippen molar-refractivity contribution in [2.45, 2.75) is 116 Å². The molecule has 0 aromatic carbocycles. The van der Waals surface area contributed by atoms with Gasteiger partial charge in [0.1, 0.15) is 35.1 Å². The Morgan fingerprint density at radius 3 is 1.92 bits per heavy atom. The normalized spacial score (nSPS) is 47.8. The summed E-state index contributed by atoms with van der Waals surface area (Å²) in [5.74, 6) is -2.78. The molecule has 5 aliphatic rings. The zero-order chi connectivity index (χ0) is 28.1. The first kappa shape index (κ1) is 27.4. The van der Waals surface area contributed by atoms with Crippen molar-refractivity contribution in [3.05, 3.63) is 0 Å². The van der Waals surface area contributed by atoms with E-state index < -0.39 is 75.7 Å². The van der Waals surface area contributed by atoms with Crippen molar-refractivity contribution >= 4 is 23.9 Å². The van der Waals surface area contributed by atoms with Gasteiger partial charge in [-0.15, -0.1) is 0 Å². The Morgan fingerprint density at radius 1 is 0.816 bits per heavy atom. The number of rotatable bonds is 4. The van der Waals surface area contributed by atoms with E-state index in [0.717, 1.165) is 0 Å². The average molecular weight is 537 g/mol. The van der Waals surface area contributed by atoms with Crippen LogP contribution in [0.15, 0.2) is 0 Å². The Kier molecular flexibility index (Phi) is 6.05. The van der Waals surface area contributed by atoms with E-state index in [1.54, 1.807) is 0 Å². The summed E-state index contributed by atoms with van der Waals surface area (Å²) in [7, 11) is 0. The van der Waals surface area contributed by atoms with Crippen LogP contribution in [0.25, 0.3) is 0 Å². The van der Waals surface area contributed by atoms with E-state index in [1.807, 2.05) is 20.8 Å². The number of ether oxygens (including phenoxy) is 5. The zero-order valence-corrected chi connectivity index (χ0v) is 23.3. The molecule has 38 heavy (non-hydrogen) atoms. The molecule has 2 bridgehead atoms. The van der Waals surface area contributed by atoms with Crippen LogP contribution in [0.3, 0.4) is 0 Å². The first-order valence-electron chi connectivity index (χ1n) is 13.6. The second-order valence-electron chi connectivity index (χ2n) is 13.1. The van der Waals surface area contributed by atoms with Crippen molar-refractivity contribution in [2.75, 3.05) is 6.61 Å². The lowest BCUT2D eigenvalue weighted by atomic mass is 9.58. The Hall–Kier alpha value is -2.20. The lowest BCUT2D eigenvalue weighted by Crippen LogP contribution is -2.60. The summed E-state index contributed by atoms with van der Waals surface area (Å²) in [4.78, 5) is 49.2. The SMILES string of the molecule is CC(=O)O[C@H]1C[C@H]2[C@]3(CO3)[C@@H]3CC[C@@H]4[C@@H](OC(C)=O)[C@@]3(C[C@@H](OC(C)=O)[C@]2(O)C1(C)C)C[C@@]4(C)OC(C)=O. The highest BCUT2D eigenvalue weighted by atomic mass is 16.6. The van der Waals surface area contributed by atoms with Gasteiger partial charge in [0.2, 0.25) is 0 Å². The topological polar surface area (TPSA) is 138 Å². The van der Waals surface area contributed by atoms with Crippen LogP contribution in [-0.4, -0.2) is 70.7 Å². The van der Waals surface area contributed by atoms with E-state index in [9.17, 15) is 24.3 Å². The molecule has 0 radical (unpaired) electrons. The standard InChI is InChI=1S/C28H40O10/c1-14(29)35-21-10-20-27(13-34-27)19-9-8-18-23(37-16(3)31)26(19,12-25(18,7)38-17(4)32)11-22(36-15(2)30)28(20,33)24(21,5)6/h18-23,33H,8-13H2,1-7H3/t18-,19-,20+,21+,22-,23-,25-,26+,27+,28+/m1/s1. The first-order valence-corrected chi connectivity index (χ1v) is 13.6. The Labute approximate surface area is 223 Å². The molecule has 4 saturated carbocycles. The molecule has 212 valence electrons. The van der Waals surface area contributed by atoms with Gasteiger partial charge in [-0.25, -0.2) is 0 Å². The number of carbonyl (C=O) groups is 4. The third-order valence-electron chi connectivity index (χ3n) is 10.7. The van der Waals surface area contributed by atoms with Gasteiger partial charge in [-0.2, -0.15) is 0 Å². The molecular weight excluding hydrogens is 496 g/mol. The molecule has 10 atom stereocenters. The predicted octanol–water partition coefficient (Wildman–Crippen LogP) is 2.47. The lowest BCUT2D eigenvalue weighted by Gasteiger charge is -2.48. The fourth-order valence-corrected chi connectivity index (χ4v) is 9.46. The quantitative estimate of drug-likeness (QED) is 0.324. The monoisotopic (exact) mass is 536 g/mol.